The molecule has 9 nitrogen and oxygen atoms in total. The summed E-state index contributed by atoms with van der Waals surface area (Å²) >= 11 is 0. The van der Waals surface area contributed by atoms with E-state index >= 15 is 0 Å². The average molecular weight is 352 g/mol. The summed E-state index contributed by atoms with van der Waals surface area (Å²) in [5.41, 5.74) is 0.969. The van der Waals surface area contributed by atoms with Crippen LogP contribution in [0.3, 0.4) is 0 Å². The van der Waals surface area contributed by atoms with E-state index in [2.05, 4.69) is 29.6 Å². The molecule has 0 bridgehead atoms. The summed E-state index contributed by atoms with van der Waals surface area (Å²) in [5.74, 6) is 1.28. The Morgan fingerprint density at radius 3 is 2.85 bits per heavy atom. The van der Waals surface area contributed by atoms with Gasteiger partial charge in [0.2, 0.25) is 5.91 Å². The first-order valence-corrected chi connectivity index (χ1v) is 8.62. The van der Waals surface area contributed by atoms with Crippen LogP contribution in [-0.4, -0.2) is 51.6 Å². The number of imidazole rings is 1. The van der Waals surface area contributed by atoms with Gasteiger partial charge in [0.05, 0.1) is 6.54 Å². The second kappa shape index (κ2) is 7.42. The van der Waals surface area contributed by atoms with Crippen LogP contribution in [0.2, 0.25) is 0 Å². The van der Waals surface area contributed by atoms with Crippen molar-refractivity contribution in [3.63, 3.8) is 0 Å². The molecule has 0 fully saturated rings. The number of fused-ring (bicyclic) bond motifs is 1. The lowest BCUT2D eigenvalue weighted by Crippen LogP contribution is -2.35. The van der Waals surface area contributed by atoms with Crippen molar-refractivity contribution in [1.29, 1.82) is 0 Å². The predicted molar refractivity (Wildman–Crippen MR) is 91.5 cm³/mol. The van der Waals surface area contributed by atoms with E-state index < -0.39 is 0 Å². The van der Waals surface area contributed by atoms with Gasteiger partial charge in [-0.15, -0.1) is 0 Å². The number of nitrogens with zero attached hydrogens (tertiary/aromatic N) is 8. The largest absolute Gasteiger partial charge is 0.335 e. The van der Waals surface area contributed by atoms with Crippen LogP contribution in [-0.2, 0) is 30.8 Å². The Morgan fingerprint density at radius 1 is 1.15 bits per heavy atom. The fraction of sp³-hybridized carbons (Fsp3) is 0.412. The maximum absolute atomic E-state index is 12.8. The minimum absolute atomic E-state index is 0.119. The van der Waals surface area contributed by atoms with Gasteiger partial charge >= 0.3 is 0 Å². The van der Waals surface area contributed by atoms with Crippen molar-refractivity contribution < 1.29 is 4.79 Å². The summed E-state index contributed by atoms with van der Waals surface area (Å²) in [6, 6.07) is 0. The quantitative estimate of drug-likeness (QED) is 0.666. The minimum Gasteiger partial charge on any atom is -0.335 e. The zero-order valence-electron chi connectivity index (χ0n) is 14.3. The Balaban J connectivity index is 1.46. The third-order valence-electron chi connectivity index (χ3n) is 4.57. The lowest BCUT2D eigenvalue weighted by atomic mass is 10.1. The van der Waals surface area contributed by atoms with Gasteiger partial charge in [-0.05, 0) is 12.0 Å². The molecule has 9 heteroatoms. The monoisotopic (exact) mass is 352 g/mol. The fourth-order valence-electron chi connectivity index (χ4n) is 3.31. The van der Waals surface area contributed by atoms with Crippen LogP contribution < -0.4 is 0 Å². The first kappa shape index (κ1) is 16.4. The second-order valence-corrected chi connectivity index (χ2v) is 6.50. The summed E-state index contributed by atoms with van der Waals surface area (Å²) in [6.07, 6.45) is 13.1. The molecular weight excluding hydrogens is 332 g/mol. The molecule has 26 heavy (non-hydrogen) atoms. The Morgan fingerprint density at radius 2 is 2.04 bits per heavy atom. The molecule has 0 spiro atoms. The van der Waals surface area contributed by atoms with Crippen molar-refractivity contribution in [2.75, 3.05) is 6.54 Å². The van der Waals surface area contributed by atoms with Crippen LogP contribution in [0.5, 0.6) is 0 Å². The molecular formula is C17H20N8O. The molecule has 1 aliphatic heterocycles. The molecule has 1 aliphatic rings. The Labute approximate surface area is 150 Å². The highest BCUT2D eigenvalue weighted by Gasteiger charge is 2.25. The molecule has 0 N–H and O–H groups in total. The number of aromatic nitrogens is 7. The van der Waals surface area contributed by atoms with E-state index in [-0.39, 0.29) is 11.8 Å². The van der Waals surface area contributed by atoms with Gasteiger partial charge in [0.15, 0.2) is 0 Å². The Bertz CT molecular complexity index is 845. The van der Waals surface area contributed by atoms with Crippen LogP contribution in [0, 0.1) is 5.92 Å². The Hall–Kier alpha value is -3.10. The number of hydrogen-bond acceptors (Lipinski definition) is 6. The molecule has 0 saturated heterocycles. The maximum atomic E-state index is 12.8. The third kappa shape index (κ3) is 3.76. The van der Waals surface area contributed by atoms with Gasteiger partial charge in [0.25, 0.3) is 0 Å². The van der Waals surface area contributed by atoms with Gasteiger partial charge < -0.3 is 9.47 Å². The molecule has 4 rings (SSSR count). The molecule has 3 aromatic rings. The lowest BCUT2D eigenvalue weighted by Gasteiger charge is -2.24. The Kier molecular flexibility index (Phi) is 4.67. The molecule has 0 aromatic carbocycles. The molecule has 0 saturated carbocycles. The number of aryl methyl sites for hydroxylation is 1. The standard InChI is InChI=1S/C17H20N8O/c26-17(2-1-14-5-18-11-19-6-14)24-8-15(9-25-13-20-12-22-25)7-23-4-3-21-16(23)10-24/h3-6,11-13,15H,1-2,7-10H2. The SMILES string of the molecule is O=C(CCc1cncnc1)N1Cc2nccn2CC(Cn2cncn2)C1. The summed E-state index contributed by atoms with van der Waals surface area (Å²) < 4.78 is 3.94. The maximum Gasteiger partial charge on any atom is 0.223 e. The van der Waals surface area contributed by atoms with E-state index in [1.54, 1.807) is 24.9 Å². The van der Waals surface area contributed by atoms with Crippen LogP contribution >= 0.6 is 0 Å². The van der Waals surface area contributed by atoms with Crippen molar-refractivity contribution in [2.24, 2.45) is 5.92 Å². The van der Waals surface area contributed by atoms with Crippen molar-refractivity contribution in [2.45, 2.75) is 32.5 Å². The summed E-state index contributed by atoms with van der Waals surface area (Å²) in [6.45, 7) is 2.73. The van der Waals surface area contributed by atoms with Gasteiger partial charge in [-0.1, -0.05) is 0 Å². The zero-order chi connectivity index (χ0) is 17.8. The van der Waals surface area contributed by atoms with E-state index in [0.29, 0.717) is 32.5 Å². The summed E-state index contributed by atoms with van der Waals surface area (Å²) in [5, 5.41) is 4.19. The van der Waals surface area contributed by atoms with Gasteiger partial charge in [-0.2, -0.15) is 5.10 Å². The normalized spacial score (nSPS) is 16.9. The third-order valence-corrected chi connectivity index (χ3v) is 4.57. The number of carbonyl (C=O) groups excluding carboxylic acids is 1. The van der Waals surface area contributed by atoms with Crippen LogP contribution in [0.4, 0.5) is 0 Å². The fourth-order valence-corrected chi connectivity index (χ4v) is 3.31. The van der Waals surface area contributed by atoms with Gasteiger partial charge in [-0.25, -0.2) is 19.9 Å². The lowest BCUT2D eigenvalue weighted by molar-refractivity contribution is -0.132. The zero-order valence-corrected chi connectivity index (χ0v) is 14.3. The average Bonchev–Trinajstić information content (AvgIpc) is 3.29. The van der Waals surface area contributed by atoms with Crippen molar-refractivity contribution >= 4 is 5.91 Å². The molecule has 3 aromatic heterocycles. The van der Waals surface area contributed by atoms with Gasteiger partial charge in [-0.3, -0.25) is 9.48 Å². The number of amides is 1. The van der Waals surface area contributed by atoms with E-state index in [1.165, 1.54) is 12.7 Å². The molecule has 0 aliphatic carbocycles. The van der Waals surface area contributed by atoms with E-state index in [4.69, 9.17) is 0 Å². The molecule has 0 radical (unpaired) electrons. The van der Waals surface area contributed by atoms with E-state index in [0.717, 1.165) is 17.9 Å². The van der Waals surface area contributed by atoms with Gasteiger partial charge in [0.1, 0.15) is 24.8 Å². The number of carbonyl (C=O) groups is 1. The second-order valence-electron chi connectivity index (χ2n) is 6.50. The predicted octanol–water partition coefficient (Wildman–Crippen LogP) is 0.556. The van der Waals surface area contributed by atoms with Crippen LogP contribution in [0.25, 0.3) is 0 Å². The van der Waals surface area contributed by atoms with Crippen LogP contribution in [0.1, 0.15) is 17.8 Å². The highest BCUT2D eigenvalue weighted by atomic mass is 16.2. The van der Waals surface area contributed by atoms with Crippen molar-refractivity contribution in [1.82, 2.24) is 39.2 Å². The van der Waals surface area contributed by atoms with Gasteiger partial charge in [0, 0.05) is 56.8 Å². The topological polar surface area (TPSA) is 94.6 Å². The van der Waals surface area contributed by atoms with Crippen LogP contribution in [0.15, 0.2) is 43.8 Å². The number of hydrogen-bond donors (Lipinski definition) is 0. The molecule has 1 amide bonds. The highest BCUT2D eigenvalue weighted by molar-refractivity contribution is 5.76. The summed E-state index contributed by atoms with van der Waals surface area (Å²) in [7, 11) is 0. The van der Waals surface area contributed by atoms with E-state index in [1.807, 2.05) is 15.8 Å². The molecule has 1 atom stereocenters. The smallest absolute Gasteiger partial charge is 0.223 e. The highest BCUT2D eigenvalue weighted by Crippen LogP contribution is 2.18. The van der Waals surface area contributed by atoms with Crippen molar-refractivity contribution in [3.05, 3.63) is 55.2 Å². The summed E-state index contributed by atoms with van der Waals surface area (Å²) in [4.78, 5) is 31.1. The molecule has 1 unspecified atom stereocenters. The first-order chi connectivity index (χ1) is 12.8. The molecule has 134 valence electrons. The molecule has 4 heterocycles. The van der Waals surface area contributed by atoms with E-state index in [9.17, 15) is 4.79 Å². The van der Waals surface area contributed by atoms with Crippen molar-refractivity contribution in [3.8, 4) is 0 Å². The minimum atomic E-state index is 0.119. The first-order valence-electron chi connectivity index (χ1n) is 8.62. The number of rotatable bonds is 5.